The first-order chi connectivity index (χ1) is 11.7. The van der Waals surface area contributed by atoms with Crippen LogP contribution in [0, 0.1) is 0 Å². The number of hydrogen-bond donors (Lipinski definition) is 1. The fourth-order valence-electron chi connectivity index (χ4n) is 2.18. The molecule has 0 aliphatic heterocycles. The standard InChI is InChI=1S/C17H17N5O2/c1-24-15-9-5-6-13(10-15)11-18-16(23)12-22-20-17(19-21-22)14-7-3-2-4-8-14/h2-10H,11-12H2,1H3,(H,18,23). The number of methoxy groups -OCH3 is 1. The Morgan fingerprint density at radius 2 is 2.00 bits per heavy atom. The Labute approximate surface area is 139 Å². The minimum Gasteiger partial charge on any atom is -0.497 e. The van der Waals surface area contributed by atoms with Gasteiger partial charge >= 0.3 is 0 Å². The van der Waals surface area contributed by atoms with Gasteiger partial charge in [0, 0.05) is 12.1 Å². The molecule has 7 heteroatoms. The number of nitrogens with one attached hydrogen (secondary N) is 1. The van der Waals surface area contributed by atoms with Crippen molar-refractivity contribution in [2.45, 2.75) is 13.1 Å². The number of rotatable bonds is 6. The van der Waals surface area contributed by atoms with Crippen molar-refractivity contribution in [1.82, 2.24) is 25.5 Å². The monoisotopic (exact) mass is 323 g/mol. The van der Waals surface area contributed by atoms with Crippen molar-refractivity contribution < 1.29 is 9.53 Å². The van der Waals surface area contributed by atoms with Crippen LogP contribution in [0.2, 0.25) is 0 Å². The van der Waals surface area contributed by atoms with Crippen LogP contribution in [0.3, 0.4) is 0 Å². The largest absolute Gasteiger partial charge is 0.497 e. The van der Waals surface area contributed by atoms with E-state index < -0.39 is 0 Å². The van der Waals surface area contributed by atoms with Crippen LogP contribution in [0.4, 0.5) is 0 Å². The Bertz CT molecular complexity index is 817. The SMILES string of the molecule is COc1cccc(CNC(=O)Cn2nnc(-c3ccccc3)n2)c1. The van der Waals surface area contributed by atoms with E-state index in [9.17, 15) is 4.79 Å². The normalized spacial score (nSPS) is 10.4. The van der Waals surface area contributed by atoms with E-state index in [4.69, 9.17) is 4.74 Å². The number of nitrogens with zero attached hydrogens (tertiary/aromatic N) is 4. The third kappa shape index (κ3) is 3.95. The molecule has 0 saturated heterocycles. The lowest BCUT2D eigenvalue weighted by molar-refractivity contribution is -0.122. The molecule has 24 heavy (non-hydrogen) atoms. The third-order valence-corrected chi connectivity index (χ3v) is 3.39. The summed E-state index contributed by atoms with van der Waals surface area (Å²) >= 11 is 0. The first-order valence-corrected chi connectivity index (χ1v) is 7.47. The van der Waals surface area contributed by atoms with Gasteiger partial charge in [-0.25, -0.2) is 0 Å². The number of ether oxygens (including phenoxy) is 1. The minimum atomic E-state index is -0.185. The number of aromatic nitrogens is 4. The van der Waals surface area contributed by atoms with Crippen molar-refractivity contribution in [3.63, 3.8) is 0 Å². The number of hydrogen-bond acceptors (Lipinski definition) is 5. The molecule has 7 nitrogen and oxygen atoms in total. The summed E-state index contributed by atoms with van der Waals surface area (Å²) < 4.78 is 5.16. The van der Waals surface area contributed by atoms with E-state index >= 15 is 0 Å². The lowest BCUT2D eigenvalue weighted by atomic mass is 10.2. The van der Waals surface area contributed by atoms with E-state index in [0.29, 0.717) is 12.4 Å². The number of benzene rings is 2. The molecule has 0 fully saturated rings. The minimum absolute atomic E-state index is 0.0177. The summed E-state index contributed by atoms with van der Waals surface area (Å²) in [4.78, 5) is 13.3. The highest BCUT2D eigenvalue weighted by molar-refractivity contribution is 5.75. The maximum absolute atomic E-state index is 12.0. The Hall–Kier alpha value is -3.22. The predicted molar refractivity (Wildman–Crippen MR) is 88.1 cm³/mol. The van der Waals surface area contributed by atoms with Crippen LogP contribution in [0.1, 0.15) is 5.56 Å². The molecule has 1 aromatic heterocycles. The van der Waals surface area contributed by atoms with Crippen LogP contribution in [-0.4, -0.2) is 33.2 Å². The van der Waals surface area contributed by atoms with E-state index in [1.54, 1.807) is 7.11 Å². The third-order valence-electron chi connectivity index (χ3n) is 3.39. The van der Waals surface area contributed by atoms with Crippen molar-refractivity contribution in [3.05, 3.63) is 60.2 Å². The van der Waals surface area contributed by atoms with Crippen molar-refractivity contribution in [1.29, 1.82) is 0 Å². The zero-order chi connectivity index (χ0) is 16.8. The van der Waals surface area contributed by atoms with Crippen molar-refractivity contribution in [3.8, 4) is 17.1 Å². The second-order valence-corrected chi connectivity index (χ2v) is 5.14. The molecule has 3 aromatic rings. The summed E-state index contributed by atoms with van der Waals surface area (Å²) in [6.45, 7) is 0.431. The molecule has 122 valence electrons. The highest BCUT2D eigenvalue weighted by Crippen LogP contribution is 2.13. The molecule has 0 atom stereocenters. The summed E-state index contributed by atoms with van der Waals surface area (Å²) in [5, 5.41) is 14.9. The maximum Gasteiger partial charge on any atom is 0.243 e. The number of carbonyl (C=O) groups is 1. The molecule has 1 heterocycles. The summed E-state index contributed by atoms with van der Waals surface area (Å²) in [5.74, 6) is 1.07. The predicted octanol–water partition coefficient (Wildman–Crippen LogP) is 1.67. The lowest BCUT2D eigenvalue weighted by Gasteiger charge is -2.06. The van der Waals surface area contributed by atoms with Crippen molar-refractivity contribution in [2.24, 2.45) is 0 Å². The average molecular weight is 323 g/mol. The Kier molecular flexibility index (Phi) is 4.81. The highest BCUT2D eigenvalue weighted by atomic mass is 16.5. The second kappa shape index (κ2) is 7.36. The fraction of sp³-hybridized carbons (Fsp3) is 0.176. The van der Waals surface area contributed by atoms with E-state index in [2.05, 4.69) is 20.7 Å². The van der Waals surface area contributed by atoms with Crippen molar-refractivity contribution >= 4 is 5.91 Å². The van der Waals surface area contributed by atoms with E-state index in [-0.39, 0.29) is 12.5 Å². The van der Waals surface area contributed by atoms with E-state index in [1.807, 2.05) is 54.6 Å². The van der Waals surface area contributed by atoms with Crippen LogP contribution in [0.15, 0.2) is 54.6 Å². The molecule has 3 rings (SSSR count). The maximum atomic E-state index is 12.0. The molecule has 0 bridgehead atoms. The van der Waals surface area contributed by atoms with Gasteiger partial charge in [-0.2, -0.15) is 4.80 Å². The lowest BCUT2D eigenvalue weighted by Crippen LogP contribution is -2.28. The zero-order valence-electron chi connectivity index (χ0n) is 13.2. The molecule has 0 radical (unpaired) electrons. The summed E-state index contributed by atoms with van der Waals surface area (Å²) in [6.07, 6.45) is 0. The van der Waals surface area contributed by atoms with Gasteiger partial charge in [0.1, 0.15) is 12.3 Å². The second-order valence-electron chi connectivity index (χ2n) is 5.14. The van der Waals surface area contributed by atoms with Gasteiger partial charge in [0.15, 0.2) is 0 Å². The van der Waals surface area contributed by atoms with Crippen molar-refractivity contribution in [2.75, 3.05) is 7.11 Å². The van der Waals surface area contributed by atoms with Crippen LogP contribution >= 0.6 is 0 Å². The van der Waals surface area contributed by atoms with Gasteiger partial charge in [-0.3, -0.25) is 4.79 Å². The molecule has 0 unspecified atom stereocenters. The highest BCUT2D eigenvalue weighted by Gasteiger charge is 2.09. The van der Waals surface area contributed by atoms with Gasteiger partial charge in [0.25, 0.3) is 0 Å². The van der Waals surface area contributed by atoms with E-state index in [0.717, 1.165) is 16.9 Å². The molecule has 2 aromatic carbocycles. The van der Waals surface area contributed by atoms with Gasteiger partial charge in [0.05, 0.1) is 7.11 Å². The summed E-state index contributed by atoms with van der Waals surface area (Å²) in [6, 6.07) is 17.0. The molecule has 0 aliphatic rings. The first kappa shape index (κ1) is 15.7. The molecule has 1 N–H and O–H groups in total. The first-order valence-electron chi connectivity index (χ1n) is 7.47. The molecular weight excluding hydrogens is 306 g/mol. The Morgan fingerprint density at radius 3 is 2.79 bits per heavy atom. The smallest absolute Gasteiger partial charge is 0.243 e. The van der Waals surface area contributed by atoms with Crippen LogP contribution < -0.4 is 10.1 Å². The van der Waals surface area contributed by atoms with Crippen LogP contribution in [0.25, 0.3) is 11.4 Å². The van der Waals surface area contributed by atoms with Gasteiger partial charge in [-0.1, -0.05) is 42.5 Å². The molecular formula is C17H17N5O2. The van der Waals surface area contributed by atoms with Gasteiger partial charge in [0.2, 0.25) is 11.7 Å². The molecule has 0 aliphatic carbocycles. The molecule has 0 saturated carbocycles. The van der Waals surface area contributed by atoms with Gasteiger partial charge in [-0.05, 0) is 22.9 Å². The number of amides is 1. The van der Waals surface area contributed by atoms with Crippen LogP contribution in [-0.2, 0) is 17.9 Å². The Morgan fingerprint density at radius 1 is 1.17 bits per heavy atom. The van der Waals surface area contributed by atoms with Gasteiger partial charge in [-0.15, -0.1) is 10.2 Å². The Balaban J connectivity index is 1.56. The van der Waals surface area contributed by atoms with E-state index in [1.165, 1.54) is 4.80 Å². The summed E-state index contributed by atoms with van der Waals surface area (Å²) in [7, 11) is 1.61. The summed E-state index contributed by atoms with van der Waals surface area (Å²) in [5.41, 5.74) is 1.82. The molecule has 0 spiro atoms. The number of carbonyl (C=O) groups excluding carboxylic acids is 1. The quantitative estimate of drug-likeness (QED) is 0.746. The molecule has 1 amide bonds. The number of tetrazole rings is 1. The fourth-order valence-corrected chi connectivity index (χ4v) is 2.18. The topological polar surface area (TPSA) is 81.9 Å². The zero-order valence-corrected chi connectivity index (χ0v) is 13.2. The van der Waals surface area contributed by atoms with Crippen LogP contribution in [0.5, 0.6) is 5.75 Å². The van der Waals surface area contributed by atoms with Gasteiger partial charge < -0.3 is 10.1 Å². The average Bonchev–Trinajstić information content (AvgIpc) is 3.09.